The number of rotatable bonds is 3. The molecule has 3 nitrogen and oxygen atoms in total. The summed E-state index contributed by atoms with van der Waals surface area (Å²) in [6.07, 6.45) is 4.71. The van der Waals surface area contributed by atoms with E-state index in [0.29, 0.717) is 5.69 Å². The van der Waals surface area contributed by atoms with Gasteiger partial charge in [0.2, 0.25) is 0 Å². The van der Waals surface area contributed by atoms with Gasteiger partial charge in [0.05, 0.1) is 0 Å². The van der Waals surface area contributed by atoms with Crippen molar-refractivity contribution in [2.45, 2.75) is 23.8 Å². The molecule has 1 saturated heterocycles. The van der Waals surface area contributed by atoms with Crippen molar-refractivity contribution >= 4 is 29.3 Å². The average molecular weight is 255 g/mol. The third-order valence-corrected chi connectivity index (χ3v) is 5.72. The van der Waals surface area contributed by atoms with Crippen molar-refractivity contribution in [1.29, 1.82) is 0 Å². The molecule has 5 heteroatoms. The maximum atomic E-state index is 12.0. The zero-order chi connectivity index (χ0) is 11.0. The molecule has 2 fully saturated rings. The van der Waals surface area contributed by atoms with E-state index in [4.69, 9.17) is 4.42 Å². The zero-order valence-corrected chi connectivity index (χ0v) is 10.5. The van der Waals surface area contributed by atoms with Gasteiger partial charge in [0, 0.05) is 5.92 Å². The Morgan fingerprint density at radius 2 is 2.12 bits per heavy atom. The van der Waals surface area contributed by atoms with E-state index in [1.165, 1.54) is 12.8 Å². The minimum Gasteiger partial charge on any atom is -0.446 e. The summed E-state index contributed by atoms with van der Waals surface area (Å²) in [5.74, 6) is 3.51. The van der Waals surface area contributed by atoms with E-state index in [1.54, 1.807) is 0 Å². The third kappa shape index (κ3) is 2.02. The van der Waals surface area contributed by atoms with Crippen LogP contribution in [0.25, 0.3) is 0 Å². The molecular formula is C11H13NO2S2. The first-order valence-corrected chi connectivity index (χ1v) is 7.67. The summed E-state index contributed by atoms with van der Waals surface area (Å²) in [5.41, 5.74) is 0.592. The van der Waals surface area contributed by atoms with Gasteiger partial charge in [-0.3, -0.25) is 4.79 Å². The van der Waals surface area contributed by atoms with Crippen molar-refractivity contribution in [3.05, 3.63) is 17.8 Å². The summed E-state index contributed by atoms with van der Waals surface area (Å²) in [4.78, 5) is 16.1. The second-order valence-electron chi connectivity index (χ2n) is 4.13. The van der Waals surface area contributed by atoms with Crippen molar-refractivity contribution in [3.63, 3.8) is 0 Å². The van der Waals surface area contributed by atoms with Gasteiger partial charge in [-0.1, -0.05) is 0 Å². The van der Waals surface area contributed by atoms with Crippen LogP contribution in [-0.2, 0) is 0 Å². The number of carbonyl (C=O) groups excluding carboxylic acids is 1. The van der Waals surface area contributed by atoms with Gasteiger partial charge in [0.1, 0.15) is 4.58 Å². The van der Waals surface area contributed by atoms with Crippen LogP contribution in [0.1, 0.15) is 40.1 Å². The Morgan fingerprint density at radius 1 is 1.38 bits per heavy atom. The lowest BCUT2D eigenvalue weighted by molar-refractivity contribution is 0.0961. The van der Waals surface area contributed by atoms with Gasteiger partial charge in [0.25, 0.3) is 0 Å². The summed E-state index contributed by atoms with van der Waals surface area (Å²) in [6, 6.07) is 0. The highest BCUT2D eigenvalue weighted by molar-refractivity contribution is 8.16. The summed E-state index contributed by atoms with van der Waals surface area (Å²) < 4.78 is 5.70. The molecule has 1 aliphatic carbocycles. The van der Waals surface area contributed by atoms with Gasteiger partial charge in [0.15, 0.2) is 23.6 Å². The monoisotopic (exact) mass is 255 g/mol. The molecular weight excluding hydrogens is 242 g/mol. The highest BCUT2D eigenvalue weighted by atomic mass is 32.2. The fourth-order valence-electron chi connectivity index (χ4n) is 1.79. The van der Waals surface area contributed by atoms with Crippen LogP contribution in [0.2, 0.25) is 0 Å². The van der Waals surface area contributed by atoms with Gasteiger partial charge >= 0.3 is 0 Å². The minimum absolute atomic E-state index is 0.190. The number of aromatic nitrogens is 1. The SMILES string of the molecule is O=C(c1ncoc1C1SCCCS1)C1CC1. The highest BCUT2D eigenvalue weighted by Crippen LogP contribution is 2.45. The fourth-order valence-corrected chi connectivity index (χ4v) is 4.62. The largest absolute Gasteiger partial charge is 0.446 e. The molecule has 0 atom stereocenters. The molecule has 1 aromatic rings. The van der Waals surface area contributed by atoms with Gasteiger partial charge in [-0.05, 0) is 30.8 Å². The zero-order valence-electron chi connectivity index (χ0n) is 8.85. The van der Waals surface area contributed by atoms with E-state index in [-0.39, 0.29) is 16.3 Å². The first-order valence-electron chi connectivity index (χ1n) is 5.57. The smallest absolute Gasteiger partial charge is 0.187 e. The Kier molecular flexibility index (Phi) is 2.98. The molecule has 2 aliphatic rings. The van der Waals surface area contributed by atoms with Crippen LogP contribution in [0, 0.1) is 5.92 Å². The Balaban J connectivity index is 1.82. The number of Topliss-reactive ketones (excluding diaryl/α,β-unsaturated/α-hetero) is 1. The maximum absolute atomic E-state index is 12.0. The lowest BCUT2D eigenvalue weighted by atomic mass is 10.2. The first-order chi connectivity index (χ1) is 7.86. The molecule has 0 unspecified atom stereocenters. The van der Waals surface area contributed by atoms with Crippen molar-refractivity contribution in [1.82, 2.24) is 4.98 Å². The minimum atomic E-state index is 0.190. The standard InChI is InChI=1S/C11H13NO2S2/c13-9(7-2-3-7)8-10(14-6-12-8)11-15-4-1-5-16-11/h6-7,11H,1-5H2. The number of hydrogen-bond acceptors (Lipinski definition) is 5. The van der Waals surface area contributed by atoms with Crippen molar-refractivity contribution < 1.29 is 9.21 Å². The predicted molar refractivity (Wildman–Crippen MR) is 65.8 cm³/mol. The van der Waals surface area contributed by atoms with Crippen LogP contribution in [-0.4, -0.2) is 22.3 Å². The number of thioether (sulfide) groups is 2. The topological polar surface area (TPSA) is 43.1 Å². The second-order valence-corrected chi connectivity index (χ2v) is 6.86. The predicted octanol–water partition coefficient (Wildman–Crippen LogP) is 3.14. The molecule has 1 aliphatic heterocycles. The van der Waals surface area contributed by atoms with Gasteiger partial charge in [-0.25, -0.2) is 4.98 Å². The number of ketones is 1. The maximum Gasteiger partial charge on any atom is 0.187 e. The van der Waals surface area contributed by atoms with Crippen LogP contribution in [0.5, 0.6) is 0 Å². The van der Waals surface area contributed by atoms with Crippen LogP contribution in [0.3, 0.4) is 0 Å². The highest BCUT2D eigenvalue weighted by Gasteiger charge is 2.36. The molecule has 1 saturated carbocycles. The molecule has 3 rings (SSSR count). The summed E-state index contributed by atoms with van der Waals surface area (Å²) >= 11 is 3.72. The van der Waals surface area contributed by atoms with E-state index in [1.807, 2.05) is 23.5 Å². The molecule has 0 aromatic carbocycles. The molecule has 0 radical (unpaired) electrons. The van der Waals surface area contributed by atoms with Gasteiger partial charge in [-0.2, -0.15) is 0 Å². The van der Waals surface area contributed by atoms with E-state index in [9.17, 15) is 4.79 Å². The molecule has 1 aromatic heterocycles. The Bertz CT molecular complexity index is 394. The van der Waals surface area contributed by atoms with Crippen LogP contribution in [0.15, 0.2) is 10.8 Å². The Labute approximate surface area is 103 Å². The fraction of sp³-hybridized carbons (Fsp3) is 0.636. The first kappa shape index (κ1) is 10.7. The molecule has 2 heterocycles. The van der Waals surface area contributed by atoms with E-state index in [0.717, 1.165) is 30.1 Å². The van der Waals surface area contributed by atoms with Crippen LogP contribution in [0.4, 0.5) is 0 Å². The lowest BCUT2D eigenvalue weighted by Crippen LogP contribution is -2.08. The summed E-state index contributed by atoms with van der Waals surface area (Å²) in [7, 11) is 0. The summed E-state index contributed by atoms with van der Waals surface area (Å²) in [6.45, 7) is 0. The van der Waals surface area contributed by atoms with Gasteiger partial charge in [-0.15, -0.1) is 23.5 Å². The van der Waals surface area contributed by atoms with E-state index in [2.05, 4.69) is 4.98 Å². The van der Waals surface area contributed by atoms with E-state index >= 15 is 0 Å². The molecule has 86 valence electrons. The molecule has 16 heavy (non-hydrogen) atoms. The normalized spacial score (nSPS) is 22.2. The van der Waals surface area contributed by atoms with E-state index < -0.39 is 0 Å². The number of carbonyl (C=O) groups is 1. The van der Waals surface area contributed by atoms with Gasteiger partial charge < -0.3 is 4.42 Å². The van der Waals surface area contributed by atoms with Crippen LogP contribution < -0.4 is 0 Å². The molecule has 0 spiro atoms. The lowest BCUT2D eigenvalue weighted by Gasteiger charge is -2.19. The Hall–Kier alpha value is -0.420. The van der Waals surface area contributed by atoms with Crippen molar-refractivity contribution in [2.75, 3.05) is 11.5 Å². The molecule has 0 N–H and O–H groups in total. The quantitative estimate of drug-likeness (QED) is 0.776. The number of nitrogens with zero attached hydrogens (tertiary/aromatic N) is 1. The van der Waals surface area contributed by atoms with Crippen LogP contribution >= 0.6 is 23.5 Å². The number of oxazole rings is 1. The van der Waals surface area contributed by atoms with Crippen molar-refractivity contribution in [3.8, 4) is 0 Å². The number of hydrogen-bond donors (Lipinski definition) is 0. The second kappa shape index (κ2) is 4.45. The van der Waals surface area contributed by atoms with Crippen molar-refractivity contribution in [2.24, 2.45) is 5.92 Å². The average Bonchev–Trinajstić information content (AvgIpc) is 3.06. The molecule has 0 amide bonds. The third-order valence-electron chi connectivity index (χ3n) is 2.82. The Morgan fingerprint density at radius 3 is 2.81 bits per heavy atom. The summed E-state index contributed by atoms with van der Waals surface area (Å²) in [5, 5.41) is 0. The molecule has 0 bridgehead atoms.